The summed E-state index contributed by atoms with van der Waals surface area (Å²) in [5.41, 5.74) is 4.24. The molecule has 0 saturated heterocycles. The maximum Gasteiger partial charge on any atom is 0.411 e. The number of nitrogens with one attached hydrogen (secondary N) is 1. The lowest BCUT2D eigenvalue weighted by molar-refractivity contribution is 0.168. The van der Waals surface area contributed by atoms with Gasteiger partial charge in [0.15, 0.2) is 0 Å². The van der Waals surface area contributed by atoms with Gasteiger partial charge in [-0.25, -0.2) is 4.79 Å². The predicted molar refractivity (Wildman–Crippen MR) is 84.3 cm³/mol. The first-order valence-corrected chi connectivity index (χ1v) is 7.45. The lowest BCUT2D eigenvalue weighted by atomic mass is 10.1. The highest BCUT2D eigenvalue weighted by molar-refractivity contribution is 9.10. The molecule has 1 amide bonds. The van der Waals surface area contributed by atoms with Gasteiger partial charge in [0.1, 0.15) is 6.10 Å². The van der Waals surface area contributed by atoms with Crippen LogP contribution in [-0.4, -0.2) is 17.8 Å². The van der Waals surface area contributed by atoms with Gasteiger partial charge in [-0.2, -0.15) is 0 Å². The van der Waals surface area contributed by atoms with Crippen molar-refractivity contribution in [3.8, 4) is 11.1 Å². The van der Waals surface area contributed by atoms with E-state index in [1.54, 1.807) is 13.0 Å². The second-order valence-corrected chi connectivity index (χ2v) is 5.61. The topological polar surface area (TPSA) is 58.6 Å². The molecule has 21 heavy (non-hydrogen) atoms. The molecule has 0 bridgehead atoms. The molecule has 5 heteroatoms. The summed E-state index contributed by atoms with van der Waals surface area (Å²) in [7, 11) is 0. The highest BCUT2D eigenvalue weighted by Gasteiger charge is 2.28. The lowest BCUT2D eigenvalue weighted by Gasteiger charge is -2.11. The van der Waals surface area contributed by atoms with Gasteiger partial charge in [-0.15, -0.1) is 0 Å². The number of amides is 1. The highest BCUT2D eigenvalue weighted by Crippen LogP contribution is 2.46. The Balaban J connectivity index is 2.02. The molecular formula is C16H14BrNO3. The van der Waals surface area contributed by atoms with Gasteiger partial charge in [0, 0.05) is 4.47 Å². The average molecular weight is 348 g/mol. The zero-order valence-corrected chi connectivity index (χ0v) is 13.0. The summed E-state index contributed by atoms with van der Waals surface area (Å²) in [6.07, 6.45) is -1.19. The van der Waals surface area contributed by atoms with E-state index in [0.29, 0.717) is 12.3 Å². The highest BCUT2D eigenvalue weighted by atomic mass is 79.9. The largest absolute Gasteiger partial charge is 0.450 e. The van der Waals surface area contributed by atoms with Crippen LogP contribution < -0.4 is 5.32 Å². The van der Waals surface area contributed by atoms with Crippen molar-refractivity contribution in [2.75, 3.05) is 11.9 Å². The summed E-state index contributed by atoms with van der Waals surface area (Å²) >= 11 is 3.45. The van der Waals surface area contributed by atoms with E-state index in [0.717, 1.165) is 26.7 Å². The Morgan fingerprint density at radius 3 is 2.81 bits per heavy atom. The van der Waals surface area contributed by atoms with E-state index in [1.807, 2.05) is 30.3 Å². The van der Waals surface area contributed by atoms with E-state index < -0.39 is 12.2 Å². The third kappa shape index (κ3) is 2.43. The summed E-state index contributed by atoms with van der Waals surface area (Å²) in [4.78, 5) is 11.5. The number of benzene rings is 2. The number of ether oxygens (including phenoxy) is 1. The van der Waals surface area contributed by atoms with E-state index in [1.165, 1.54) is 0 Å². The van der Waals surface area contributed by atoms with E-state index in [-0.39, 0.29) is 0 Å². The number of carbonyl (C=O) groups excluding carboxylic acids is 1. The van der Waals surface area contributed by atoms with Crippen LogP contribution in [0, 0.1) is 0 Å². The van der Waals surface area contributed by atoms with Gasteiger partial charge >= 0.3 is 6.09 Å². The Morgan fingerprint density at radius 1 is 1.29 bits per heavy atom. The van der Waals surface area contributed by atoms with Crippen molar-refractivity contribution in [2.24, 2.45) is 0 Å². The van der Waals surface area contributed by atoms with Gasteiger partial charge < -0.3 is 9.84 Å². The molecule has 1 aliphatic carbocycles. The van der Waals surface area contributed by atoms with Crippen LogP contribution in [0.15, 0.2) is 40.9 Å². The quantitative estimate of drug-likeness (QED) is 0.860. The first kappa shape index (κ1) is 14.1. The van der Waals surface area contributed by atoms with E-state index in [2.05, 4.69) is 21.2 Å². The Hall–Kier alpha value is -1.85. The van der Waals surface area contributed by atoms with Crippen LogP contribution in [0.4, 0.5) is 10.5 Å². The maximum absolute atomic E-state index is 11.5. The fourth-order valence-corrected chi connectivity index (χ4v) is 3.01. The van der Waals surface area contributed by atoms with Gasteiger partial charge in [-0.05, 0) is 57.2 Å². The second kappa shape index (κ2) is 5.50. The smallest absolute Gasteiger partial charge is 0.411 e. The molecule has 0 aliphatic heterocycles. The standard InChI is InChI=1S/C16H14BrNO3/c1-2-21-16(20)18-14-8-12-11(7-13(14)17)9-5-3-4-6-10(9)15(12)19/h3-8,15,19H,2H2,1H3,(H,18,20)/t15-/m1/s1. The Morgan fingerprint density at radius 2 is 2.05 bits per heavy atom. The lowest BCUT2D eigenvalue weighted by Crippen LogP contribution is -2.14. The molecule has 1 aliphatic rings. The number of hydrogen-bond donors (Lipinski definition) is 2. The van der Waals surface area contributed by atoms with Gasteiger partial charge in [0.05, 0.1) is 12.3 Å². The van der Waals surface area contributed by atoms with Crippen LogP contribution in [0.2, 0.25) is 0 Å². The fraction of sp³-hybridized carbons (Fsp3) is 0.188. The van der Waals surface area contributed by atoms with E-state index in [9.17, 15) is 9.90 Å². The van der Waals surface area contributed by atoms with Crippen molar-refractivity contribution in [3.63, 3.8) is 0 Å². The average Bonchev–Trinajstić information content (AvgIpc) is 2.73. The van der Waals surface area contributed by atoms with Gasteiger partial charge in [0.25, 0.3) is 0 Å². The first-order chi connectivity index (χ1) is 10.1. The molecule has 0 saturated carbocycles. The number of carbonyl (C=O) groups is 1. The molecule has 0 radical (unpaired) electrons. The fourth-order valence-electron chi connectivity index (χ4n) is 2.57. The first-order valence-electron chi connectivity index (χ1n) is 6.66. The number of rotatable bonds is 2. The minimum atomic E-state index is -0.674. The monoisotopic (exact) mass is 347 g/mol. The van der Waals surface area contributed by atoms with Crippen LogP contribution >= 0.6 is 15.9 Å². The molecule has 2 aromatic rings. The predicted octanol–water partition coefficient (Wildman–Crippen LogP) is 4.08. The third-order valence-electron chi connectivity index (χ3n) is 3.49. The Bertz CT molecular complexity index is 715. The number of halogens is 1. The molecule has 2 N–H and O–H groups in total. The van der Waals surface area contributed by atoms with Crippen LogP contribution in [0.25, 0.3) is 11.1 Å². The summed E-state index contributed by atoms with van der Waals surface area (Å²) in [6.45, 7) is 2.06. The minimum absolute atomic E-state index is 0.308. The maximum atomic E-state index is 11.5. The number of anilines is 1. The number of aliphatic hydroxyl groups is 1. The molecule has 4 nitrogen and oxygen atoms in total. The molecule has 1 atom stereocenters. The van der Waals surface area contributed by atoms with Crippen LogP contribution in [0.3, 0.4) is 0 Å². The SMILES string of the molecule is CCOC(=O)Nc1cc2c(cc1Br)-c1ccccc1[C@H]2O. The Labute approximate surface area is 130 Å². The van der Waals surface area contributed by atoms with E-state index >= 15 is 0 Å². The zero-order valence-electron chi connectivity index (χ0n) is 11.4. The van der Waals surface area contributed by atoms with Crippen molar-refractivity contribution >= 4 is 27.7 Å². The number of aliphatic hydroxyl groups excluding tert-OH is 1. The summed E-state index contributed by atoms with van der Waals surface area (Å²) in [5.74, 6) is 0. The van der Waals surface area contributed by atoms with Crippen LogP contribution in [0.5, 0.6) is 0 Å². The molecule has 108 valence electrons. The molecule has 0 aromatic heterocycles. The second-order valence-electron chi connectivity index (χ2n) is 4.75. The number of fused-ring (bicyclic) bond motifs is 3. The number of hydrogen-bond acceptors (Lipinski definition) is 3. The zero-order chi connectivity index (χ0) is 15.0. The molecule has 0 fully saturated rings. The van der Waals surface area contributed by atoms with Crippen molar-refractivity contribution in [2.45, 2.75) is 13.0 Å². The Kier molecular flexibility index (Phi) is 3.69. The minimum Gasteiger partial charge on any atom is -0.450 e. The molecular weight excluding hydrogens is 334 g/mol. The van der Waals surface area contributed by atoms with Gasteiger partial charge in [-0.1, -0.05) is 24.3 Å². The van der Waals surface area contributed by atoms with Crippen LogP contribution in [0.1, 0.15) is 24.2 Å². The summed E-state index contributed by atoms with van der Waals surface area (Å²) in [6, 6.07) is 11.4. The van der Waals surface area contributed by atoms with Crippen molar-refractivity contribution in [1.82, 2.24) is 0 Å². The van der Waals surface area contributed by atoms with E-state index in [4.69, 9.17) is 4.74 Å². The van der Waals surface area contributed by atoms with Crippen molar-refractivity contribution < 1.29 is 14.6 Å². The molecule has 3 rings (SSSR count). The molecule has 0 heterocycles. The third-order valence-corrected chi connectivity index (χ3v) is 4.15. The molecule has 2 aromatic carbocycles. The summed E-state index contributed by atoms with van der Waals surface area (Å²) in [5, 5.41) is 13.1. The van der Waals surface area contributed by atoms with Crippen molar-refractivity contribution in [1.29, 1.82) is 0 Å². The molecule has 0 spiro atoms. The van der Waals surface area contributed by atoms with Gasteiger partial charge in [0.2, 0.25) is 0 Å². The van der Waals surface area contributed by atoms with Gasteiger partial charge in [-0.3, -0.25) is 5.32 Å². The molecule has 0 unspecified atom stereocenters. The normalized spacial score (nSPS) is 15.3. The van der Waals surface area contributed by atoms with Crippen LogP contribution in [-0.2, 0) is 4.74 Å². The summed E-state index contributed by atoms with van der Waals surface area (Å²) < 4.78 is 5.62. The van der Waals surface area contributed by atoms with Crippen molar-refractivity contribution in [3.05, 3.63) is 52.0 Å².